The lowest BCUT2D eigenvalue weighted by molar-refractivity contribution is -0.142. The number of carbonyl (C=O) groups excluding carboxylic acids is 3. The van der Waals surface area contributed by atoms with Crippen LogP contribution in [0, 0.1) is 0 Å². The van der Waals surface area contributed by atoms with E-state index in [2.05, 4.69) is 20.7 Å². The number of nitrogens with zero attached hydrogens (tertiary/aromatic N) is 3. The predicted octanol–water partition coefficient (Wildman–Crippen LogP) is -1.79. The Hall–Kier alpha value is -2.81. The Morgan fingerprint density at radius 1 is 0.875 bits per heavy atom. The topological polar surface area (TPSA) is 224 Å². The van der Waals surface area contributed by atoms with Gasteiger partial charge in [-0.3, -0.25) is 14.4 Å². The summed E-state index contributed by atoms with van der Waals surface area (Å²) >= 11 is 0. The molecule has 0 heterocycles. The summed E-state index contributed by atoms with van der Waals surface area (Å²) in [5.41, 5.74) is 13.1. The van der Waals surface area contributed by atoms with Crippen molar-refractivity contribution < 1.29 is 43.2 Å². The number of carboxylic acid groups (broad SMARTS) is 1. The van der Waals surface area contributed by atoms with Gasteiger partial charge >= 0.3 is 5.97 Å². The van der Waals surface area contributed by atoms with Crippen LogP contribution in [-0.4, -0.2) is 108 Å². The fraction of sp³-hybridized carbons (Fsp3) is 0.765. The highest BCUT2D eigenvalue weighted by Crippen LogP contribution is 1.79. The van der Waals surface area contributed by atoms with E-state index in [9.17, 15) is 19.2 Å². The number of azide groups is 1. The van der Waals surface area contributed by atoms with Gasteiger partial charge in [-0.1, -0.05) is 5.11 Å². The molecule has 0 aromatic heterocycles. The SMILES string of the molecule is CC(=O)COCCNC(=O)COCCN.[N-]=[N+]=NCCOCC(=O)NCCOCC(=O)O. The second kappa shape index (κ2) is 24.5. The molecule has 0 saturated heterocycles. The van der Waals surface area contributed by atoms with Crippen molar-refractivity contribution in [3.8, 4) is 0 Å². The zero-order valence-electron chi connectivity index (χ0n) is 18.1. The van der Waals surface area contributed by atoms with Gasteiger partial charge in [0.15, 0.2) is 5.78 Å². The van der Waals surface area contributed by atoms with E-state index in [0.717, 1.165) is 0 Å². The van der Waals surface area contributed by atoms with Crippen molar-refractivity contribution in [1.82, 2.24) is 10.6 Å². The first-order valence-corrected chi connectivity index (χ1v) is 9.60. The molecule has 0 rings (SSSR count). The van der Waals surface area contributed by atoms with E-state index < -0.39 is 12.6 Å². The smallest absolute Gasteiger partial charge is 0.329 e. The third kappa shape index (κ3) is 29.4. The van der Waals surface area contributed by atoms with Crippen molar-refractivity contribution in [2.24, 2.45) is 10.8 Å². The van der Waals surface area contributed by atoms with Crippen molar-refractivity contribution in [2.75, 3.05) is 79.0 Å². The second-order valence-corrected chi connectivity index (χ2v) is 5.75. The summed E-state index contributed by atoms with van der Waals surface area (Å²) < 4.78 is 19.4. The average molecular weight is 464 g/mol. The maximum atomic E-state index is 11.1. The Labute approximate surface area is 185 Å². The quantitative estimate of drug-likeness (QED) is 0.0727. The average Bonchev–Trinajstić information content (AvgIpc) is 2.73. The minimum absolute atomic E-state index is 0.00388. The Morgan fingerprint density at radius 3 is 1.84 bits per heavy atom. The molecule has 0 aliphatic carbocycles. The molecular weight excluding hydrogens is 432 g/mol. The zero-order chi connectivity index (χ0) is 24.5. The zero-order valence-corrected chi connectivity index (χ0v) is 18.1. The number of carboxylic acids is 1. The third-order valence-corrected chi connectivity index (χ3v) is 2.80. The van der Waals surface area contributed by atoms with Gasteiger partial charge in [-0.15, -0.1) is 0 Å². The van der Waals surface area contributed by atoms with Crippen LogP contribution in [0.4, 0.5) is 0 Å². The lowest BCUT2D eigenvalue weighted by Crippen LogP contribution is -2.31. The van der Waals surface area contributed by atoms with Crippen molar-refractivity contribution >= 4 is 23.6 Å². The summed E-state index contributed by atoms with van der Waals surface area (Å²) in [6, 6.07) is 0. The van der Waals surface area contributed by atoms with Crippen LogP contribution in [0.2, 0.25) is 0 Å². The van der Waals surface area contributed by atoms with Crippen LogP contribution in [-0.2, 0) is 38.1 Å². The standard InChI is InChI=1S/C9H18N2O4.C8H14N4O5/c1-8(12)6-15-5-3-11-9(13)7-14-4-2-10;9-12-11-2-4-16-5-7(13)10-1-3-17-6-8(14)15/h2-7,10H2,1H3,(H,11,13);1-6H2,(H,10,13)(H,14,15). The molecule has 2 amide bonds. The van der Waals surface area contributed by atoms with Gasteiger partial charge in [0.2, 0.25) is 11.8 Å². The van der Waals surface area contributed by atoms with E-state index in [1.807, 2.05) is 0 Å². The molecule has 15 nitrogen and oxygen atoms in total. The summed E-state index contributed by atoms with van der Waals surface area (Å²) in [6.07, 6.45) is 0. The number of rotatable bonds is 19. The van der Waals surface area contributed by atoms with E-state index in [1.54, 1.807) is 0 Å². The molecule has 15 heteroatoms. The summed E-state index contributed by atoms with van der Waals surface area (Å²) in [6.45, 7) is 3.14. The number of hydrogen-bond acceptors (Lipinski definition) is 10. The molecule has 0 aliphatic heterocycles. The number of nitrogens with two attached hydrogens (primary N) is 1. The molecule has 5 N–H and O–H groups in total. The van der Waals surface area contributed by atoms with Crippen LogP contribution in [0.25, 0.3) is 10.4 Å². The fourth-order valence-electron chi connectivity index (χ4n) is 1.57. The highest BCUT2D eigenvalue weighted by atomic mass is 16.5. The summed E-state index contributed by atoms with van der Waals surface area (Å²) in [7, 11) is 0. The van der Waals surface area contributed by atoms with Crippen molar-refractivity contribution in [3.63, 3.8) is 0 Å². The molecule has 32 heavy (non-hydrogen) atoms. The van der Waals surface area contributed by atoms with Gasteiger partial charge in [0.05, 0.1) is 26.4 Å². The lowest BCUT2D eigenvalue weighted by Gasteiger charge is -2.05. The molecule has 0 radical (unpaired) electrons. The molecule has 0 unspecified atom stereocenters. The second-order valence-electron chi connectivity index (χ2n) is 5.75. The summed E-state index contributed by atoms with van der Waals surface area (Å²) in [5, 5.41) is 16.5. The molecule has 0 aliphatic rings. The molecular formula is C17H32N6O9. The van der Waals surface area contributed by atoms with Crippen LogP contribution in [0.5, 0.6) is 0 Å². The first-order chi connectivity index (χ1) is 15.3. The van der Waals surface area contributed by atoms with Crippen LogP contribution in [0.1, 0.15) is 6.92 Å². The Kier molecular flexibility index (Phi) is 24.0. The van der Waals surface area contributed by atoms with Gasteiger partial charge in [-0.05, 0) is 12.5 Å². The Morgan fingerprint density at radius 2 is 1.38 bits per heavy atom. The number of amides is 2. The van der Waals surface area contributed by atoms with Crippen LogP contribution < -0.4 is 16.4 Å². The molecule has 0 atom stereocenters. The van der Waals surface area contributed by atoms with Crippen molar-refractivity contribution in [1.29, 1.82) is 0 Å². The molecule has 0 aromatic carbocycles. The molecule has 0 fully saturated rings. The number of aliphatic carboxylic acids is 1. The Bertz CT molecular complexity index is 585. The van der Waals surface area contributed by atoms with Gasteiger partial charge in [0.25, 0.3) is 0 Å². The third-order valence-electron chi connectivity index (χ3n) is 2.80. The highest BCUT2D eigenvalue weighted by Gasteiger charge is 2.01. The number of ketones is 1. The van der Waals surface area contributed by atoms with Crippen LogP contribution >= 0.6 is 0 Å². The minimum Gasteiger partial charge on any atom is -0.480 e. The van der Waals surface area contributed by atoms with E-state index in [0.29, 0.717) is 26.3 Å². The number of nitrogens with one attached hydrogen (secondary N) is 2. The van der Waals surface area contributed by atoms with Crippen LogP contribution in [0.3, 0.4) is 0 Å². The van der Waals surface area contributed by atoms with Crippen LogP contribution in [0.15, 0.2) is 5.11 Å². The van der Waals surface area contributed by atoms with E-state index in [4.69, 9.17) is 35.3 Å². The number of ether oxygens (including phenoxy) is 4. The molecule has 0 spiro atoms. The van der Waals surface area contributed by atoms with Gasteiger partial charge in [0.1, 0.15) is 26.4 Å². The normalized spacial score (nSPS) is 9.69. The van der Waals surface area contributed by atoms with Gasteiger partial charge in [-0.2, -0.15) is 0 Å². The van der Waals surface area contributed by atoms with E-state index in [-0.39, 0.29) is 63.7 Å². The van der Waals surface area contributed by atoms with Gasteiger partial charge in [-0.25, -0.2) is 4.79 Å². The maximum Gasteiger partial charge on any atom is 0.329 e. The number of carbonyl (C=O) groups is 4. The molecule has 0 aromatic rings. The molecule has 184 valence electrons. The first-order valence-electron chi connectivity index (χ1n) is 9.60. The molecule has 0 bridgehead atoms. The summed E-state index contributed by atoms with van der Waals surface area (Å²) in [5.74, 6) is -1.65. The highest BCUT2D eigenvalue weighted by molar-refractivity contribution is 5.77. The summed E-state index contributed by atoms with van der Waals surface area (Å²) in [4.78, 5) is 45.1. The largest absolute Gasteiger partial charge is 0.480 e. The lowest BCUT2D eigenvalue weighted by atomic mass is 10.5. The Balaban J connectivity index is 0. The van der Waals surface area contributed by atoms with E-state index in [1.165, 1.54) is 6.92 Å². The minimum atomic E-state index is -1.06. The molecule has 0 saturated carbocycles. The predicted molar refractivity (Wildman–Crippen MR) is 111 cm³/mol. The maximum absolute atomic E-state index is 11.1. The van der Waals surface area contributed by atoms with Crippen molar-refractivity contribution in [3.05, 3.63) is 10.4 Å². The monoisotopic (exact) mass is 464 g/mol. The van der Waals surface area contributed by atoms with Crippen molar-refractivity contribution in [2.45, 2.75) is 6.92 Å². The van der Waals surface area contributed by atoms with Gasteiger partial charge in [0, 0.05) is 31.1 Å². The first kappa shape index (κ1) is 31.4. The van der Waals surface area contributed by atoms with Gasteiger partial charge < -0.3 is 40.4 Å². The van der Waals surface area contributed by atoms with E-state index >= 15 is 0 Å². The number of Topliss-reactive ketones (excluding diaryl/α,β-unsaturated/α-hetero) is 1. The fourth-order valence-corrected chi connectivity index (χ4v) is 1.57. The number of hydrogen-bond donors (Lipinski definition) is 4.